The maximum Gasteiger partial charge on any atom is 0.140 e. The van der Waals surface area contributed by atoms with Crippen LogP contribution in [0.3, 0.4) is 0 Å². The Morgan fingerprint density at radius 2 is 1.83 bits per heavy atom. The van der Waals surface area contributed by atoms with Gasteiger partial charge >= 0.3 is 0 Å². The molecule has 152 valence electrons. The molecule has 0 aliphatic heterocycles. The molecule has 1 saturated carbocycles. The van der Waals surface area contributed by atoms with Crippen molar-refractivity contribution in [2.24, 2.45) is 0 Å². The van der Waals surface area contributed by atoms with E-state index < -0.39 is 17.2 Å². The zero-order valence-corrected chi connectivity index (χ0v) is 18.0. The van der Waals surface area contributed by atoms with Crippen LogP contribution >= 0.6 is 34.8 Å². The topological polar surface area (TPSA) is 60.2 Å². The van der Waals surface area contributed by atoms with Crippen LogP contribution < -0.4 is 4.74 Å². The summed E-state index contributed by atoms with van der Waals surface area (Å²) < 4.78 is 8.02. The monoisotopic (exact) mass is 451 g/mol. The Morgan fingerprint density at radius 1 is 1.14 bits per heavy atom. The quantitative estimate of drug-likeness (QED) is 0.508. The molecule has 1 N–H and O–H groups in total. The highest BCUT2D eigenvalue weighted by Crippen LogP contribution is 2.56. The standard InChI is InChI=1S/C21H20Cl3N3O2/c1-2-21(28,20(9-10-20)29-18-8-7-16(23)11-17(18)24)19(27-13-25-12-26-27)14-3-5-15(22)6-4-14/h3-8,11-13,19,28H,2,9-10H2,1H3. The van der Waals surface area contributed by atoms with E-state index in [2.05, 4.69) is 10.1 Å². The van der Waals surface area contributed by atoms with E-state index in [-0.39, 0.29) is 0 Å². The summed E-state index contributed by atoms with van der Waals surface area (Å²) in [5.41, 5.74) is -1.21. The summed E-state index contributed by atoms with van der Waals surface area (Å²) in [5.74, 6) is 0.494. The summed E-state index contributed by atoms with van der Waals surface area (Å²) >= 11 is 18.4. The average Bonchev–Trinajstić information content (AvgIpc) is 3.31. The molecule has 1 heterocycles. The van der Waals surface area contributed by atoms with Crippen LogP contribution in [0, 0.1) is 0 Å². The van der Waals surface area contributed by atoms with Gasteiger partial charge < -0.3 is 9.84 Å². The summed E-state index contributed by atoms with van der Waals surface area (Å²) in [7, 11) is 0. The number of aliphatic hydroxyl groups is 1. The molecule has 2 unspecified atom stereocenters. The van der Waals surface area contributed by atoms with Crippen molar-refractivity contribution in [1.82, 2.24) is 14.8 Å². The normalized spacial score (nSPS) is 18.1. The summed E-state index contributed by atoms with van der Waals surface area (Å²) in [6.45, 7) is 1.94. The molecule has 2 aromatic carbocycles. The number of hydrogen-bond acceptors (Lipinski definition) is 4. The fourth-order valence-electron chi connectivity index (χ4n) is 3.91. The Balaban J connectivity index is 1.77. The molecule has 0 amide bonds. The van der Waals surface area contributed by atoms with Gasteiger partial charge in [-0.15, -0.1) is 0 Å². The number of benzene rings is 2. The molecule has 0 spiro atoms. The molecule has 29 heavy (non-hydrogen) atoms. The van der Waals surface area contributed by atoms with Crippen molar-refractivity contribution in [3.8, 4) is 5.75 Å². The first-order chi connectivity index (χ1) is 13.9. The van der Waals surface area contributed by atoms with Gasteiger partial charge in [0.25, 0.3) is 0 Å². The van der Waals surface area contributed by atoms with E-state index in [0.29, 0.717) is 40.1 Å². The van der Waals surface area contributed by atoms with Crippen molar-refractivity contribution in [2.75, 3.05) is 0 Å². The summed E-state index contributed by atoms with van der Waals surface area (Å²) in [4.78, 5) is 4.08. The maximum absolute atomic E-state index is 12.1. The fraction of sp³-hybridized carbons (Fsp3) is 0.333. The Morgan fingerprint density at radius 3 is 2.38 bits per heavy atom. The lowest BCUT2D eigenvalue weighted by Gasteiger charge is -2.42. The zero-order chi connectivity index (χ0) is 20.6. The number of ether oxygens (including phenoxy) is 1. The highest BCUT2D eigenvalue weighted by atomic mass is 35.5. The van der Waals surface area contributed by atoms with Gasteiger partial charge in [0.05, 0.1) is 5.02 Å². The molecule has 8 heteroatoms. The lowest BCUT2D eigenvalue weighted by molar-refractivity contribution is -0.108. The first-order valence-corrected chi connectivity index (χ1v) is 10.5. The fourth-order valence-corrected chi connectivity index (χ4v) is 4.49. The minimum Gasteiger partial charge on any atom is -0.483 e. The molecule has 1 aromatic heterocycles. The molecule has 1 fully saturated rings. The van der Waals surface area contributed by atoms with Gasteiger partial charge in [-0.3, -0.25) is 0 Å². The largest absolute Gasteiger partial charge is 0.483 e. The number of nitrogens with zero attached hydrogens (tertiary/aromatic N) is 3. The van der Waals surface area contributed by atoms with Gasteiger partial charge in [0.15, 0.2) is 0 Å². The molecular formula is C21H20Cl3N3O2. The first-order valence-electron chi connectivity index (χ1n) is 9.34. The highest BCUT2D eigenvalue weighted by molar-refractivity contribution is 6.35. The maximum atomic E-state index is 12.1. The van der Waals surface area contributed by atoms with E-state index >= 15 is 0 Å². The van der Waals surface area contributed by atoms with Crippen LogP contribution in [0.4, 0.5) is 0 Å². The first kappa shape index (κ1) is 20.5. The van der Waals surface area contributed by atoms with Crippen molar-refractivity contribution in [3.63, 3.8) is 0 Å². The average molecular weight is 453 g/mol. The summed E-state index contributed by atoms with van der Waals surface area (Å²) in [6.07, 6.45) is 4.87. The van der Waals surface area contributed by atoms with E-state index in [0.717, 1.165) is 5.56 Å². The molecular weight excluding hydrogens is 433 g/mol. The van der Waals surface area contributed by atoms with Gasteiger partial charge in [0.2, 0.25) is 0 Å². The molecule has 3 aromatic rings. The zero-order valence-electron chi connectivity index (χ0n) is 15.7. The van der Waals surface area contributed by atoms with Crippen molar-refractivity contribution >= 4 is 34.8 Å². The summed E-state index contributed by atoms with van der Waals surface area (Å²) in [5, 5.41) is 17.9. The van der Waals surface area contributed by atoms with Crippen molar-refractivity contribution in [2.45, 2.75) is 43.4 Å². The molecule has 1 aliphatic carbocycles. The molecule has 0 bridgehead atoms. The van der Waals surface area contributed by atoms with Crippen LogP contribution in [0.15, 0.2) is 55.1 Å². The van der Waals surface area contributed by atoms with E-state index in [1.165, 1.54) is 6.33 Å². The van der Waals surface area contributed by atoms with E-state index in [1.54, 1.807) is 41.3 Å². The van der Waals surface area contributed by atoms with Crippen LogP contribution in [-0.2, 0) is 0 Å². The number of hydrogen-bond donors (Lipinski definition) is 1. The third-order valence-corrected chi connectivity index (χ3v) is 6.35. The predicted molar refractivity (Wildman–Crippen MR) is 114 cm³/mol. The molecule has 2 atom stereocenters. The highest BCUT2D eigenvalue weighted by Gasteiger charge is 2.65. The molecule has 0 saturated heterocycles. The second kappa shape index (κ2) is 7.80. The molecule has 1 aliphatic rings. The second-order valence-electron chi connectivity index (χ2n) is 7.28. The van der Waals surface area contributed by atoms with Crippen molar-refractivity contribution in [3.05, 3.63) is 75.8 Å². The predicted octanol–water partition coefficient (Wildman–Crippen LogP) is 5.58. The van der Waals surface area contributed by atoms with Crippen molar-refractivity contribution < 1.29 is 9.84 Å². The van der Waals surface area contributed by atoms with E-state index in [4.69, 9.17) is 39.5 Å². The Kier molecular flexibility index (Phi) is 5.51. The minimum atomic E-state index is -1.27. The van der Waals surface area contributed by atoms with Gasteiger partial charge in [0, 0.05) is 10.0 Å². The number of rotatable bonds is 7. The summed E-state index contributed by atoms with van der Waals surface area (Å²) in [6, 6.07) is 11.9. The van der Waals surface area contributed by atoms with Crippen LogP contribution in [0.2, 0.25) is 15.1 Å². The van der Waals surface area contributed by atoms with Gasteiger partial charge in [-0.05, 0) is 55.2 Å². The molecule has 0 radical (unpaired) electrons. The molecule has 4 rings (SSSR count). The van der Waals surface area contributed by atoms with E-state index in [9.17, 15) is 5.11 Å². The van der Waals surface area contributed by atoms with Gasteiger partial charge in [-0.25, -0.2) is 9.67 Å². The second-order valence-corrected chi connectivity index (χ2v) is 8.56. The van der Waals surface area contributed by atoms with Crippen LogP contribution in [-0.4, -0.2) is 31.1 Å². The Labute approximate surface area is 184 Å². The Hall–Kier alpha value is -1.79. The number of aromatic nitrogens is 3. The van der Waals surface area contributed by atoms with Gasteiger partial charge in [-0.2, -0.15) is 5.10 Å². The van der Waals surface area contributed by atoms with Gasteiger partial charge in [-0.1, -0.05) is 53.9 Å². The SMILES string of the molecule is CCC(O)(C(c1ccc(Cl)cc1)n1cncn1)C1(Oc2ccc(Cl)cc2Cl)CC1. The minimum absolute atomic E-state index is 0.408. The third-order valence-electron chi connectivity index (χ3n) is 5.57. The van der Waals surface area contributed by atoms with Crippen molar-refractivity contribution in [1.29, 1.82) is 0 Å². The lowest BCUT2D eigenvalue weighted by atomic mass is 9.79. The lowest BCUT2D eigenvalue weighted by Crippen LogP contribution is -2.54. The number of halogens is 3. The van der Waals surface area contributed by atoms with E-state index in [1.807, 2.05) is 19.1 Å². The smallest absolute Gasteiger partial charge is 0.140 e. The third kappa shape index (κ3) is 3.73. The Bertz CT molecular complexity index is 991. The van der Waals surface area contributed by atoms with Crippen LogP contribution in [0.5, 0.6) is 5.75 Å². The molecule has 5 nitrogen and oxygen atoms in total. The van der Waals surface area contributed by atoms with Crippen LogP contribution in [0.1, 0.15) is 37.8 Å². The van der Waals surface area contributed by atoms with Gasteiger partial charge in [0.1, 0.15) is 35.6 Å². The van der Waals surface area contributed by atoms with Crippen LogP contribution in [0.25, 0.3) is 0 Å².